The lowest BCUT2D eigenvalue weighted by molar-refractivity contribution is -0.121. The van der Waals surface area contributed by atoms with E-state index in [0.29, 0.717) is 43.4 Å². The van der Waals surface area contributed by atoms with E-state index in [4.69, 9.17) is 9.72 Å². The van der Waals surface area contributed by atoms with E-state index in [0.717, 1.165) is 59.1 Å². The van der Waals surface area contributed by atoms with Gasteiger partial charge in [-0.1, -0.05) is 95.8 Å². The highest BCUT2D eigenvalue weighted by molar-refractivity contribution is 7.99. The lowest BCUT2D eigenvalue weighted by atomic mass is 9.76. The van der Waals surface area contributed by atoms with Gasteiger partial charge in [0.1, 0.15) is 17.1 Å². The Hall–Kier alpha value is -3.98. The van der Waals surface area contributed by atoms with Gasteiger partial charge in [-0.05, 0) is 78.3 Å². The zero-order valence-electron chi connectivity index (χ0n) is 29.8. The van der Waals surface area contributed by atoms with Gasteiger partial charge < -0.3 is 14.6 Å². The Morgan fingerprint density at radius 3 is 2.43 bits per heavy atom. The number of amides is 1. The Morgan fingerprint density at radius 1 is 0.918 bits per heavy atom. The molecule has 0 saturated heterocycles. The first kappa shape index (κ1) is 36.3. The average Bonchev–Trinajstić information content (AvgIpc) is 3.41. The van der Waals surface area contributed by atoms with E-state index >= 15 is 0 Å². The van der Waals surface area contributed by atoms with Gasteiger partial charge in [0, 0.05) is 36.2 Å². The Bertz CT molecular complexity index is 1870. The quantitative estimate of drug-likeness (QED) is 0.0777. The zero-order valence-corrected chi connectivity index (χ0v) is 30.6. The summed E-state index contributed by atoms with van der Waals surface area (Å²) in [5.41, 5.74) is 6.25. The van der Waals surface area contributed by atoms with Crippen LogP contribution in [0.2, 0.25) is 0 Å². The third-order valence-electron chi connectivity index (χ3n) is 9.80. The predicted molar refractivity (Wildman–Crippen MR) is 199 cm³/mol. The number of thioether (sulfide) groups is 1. The molecule has 3 aromatic carbocycles. The van der Waals surface area contributed by atoms with Crippen molar-refractivity contribution in [1.82, 2.24) is 25.1 Å². The summed E-state index contributed by atoms with van der Waals surface area (Å²) in [6.45, 7) is 15.4. The Labute approximate surface area is 294 Å². The molecule has 2 aromatic heterocycles. The summed E-state index contributed by atoms with van der Waals surface area (Å²) >= 11 is 1.50. The van der Waals surface area contributed by atoms with Crippen LogP contribution in [0.15, 0.2) is 71.9 Å². The minimum atomic E-state index is -0.258. The zero-order chi connectivity index (χ0) is 35.0. The van der Waals surface area contributed by atoms with Crippen LogP contribution in [0, 0.1) is 5.82 Å². The number of carbonyl (C=O) groups excluding carboxylic acids is 1. The number of nitrogens with one attached hydrogen (secondary N) is 1. The summed E-state index contributed by atoms with van der Waals surface area (Å²) in [6.07, 6.45) is 5.00. The molecule has 0 aliphatic heterocycles. The molecule has 0 unspecified atom stereocenters. The van der Waals surface area contributed by atoms with E-state index in [2.05, 4.69) is 79.8 Å². The molecule has 9 heteroatoms. The van der Waals surface area contributed by atoms with Crippen molar-refractivity contribution >= 4 is 39.7 Å². The lowest BCUT2D eigenvalue weighted by Crippen LogP contribution is -2.24. The van der Waals surface area contributed by atoms with Crippen molar-refractivity contribution in [3.8, 4) is 5.75 Å². The van der Waals surface area contributed by atoms with Crippen molar-refractivity contribution in [2.24, 2.45) is 0 Å². The minimum Gasteiger partial charge on any atom is -0.493 e. The molecule has 1 N–H and O–H groups in total. The van der Waals surface area contributed by atoms with E-state index in [-0.39, 0.29) is 22.6 Å². The molecule has 2 heterocycles. The predicted octanol–water partition coefficient (Wildman–Crippen LogP) is 9.39. The minimum absolute atomic E-state index is 0.0298. The highest BCUT2D eigenvalue weighted by Crippen LogP contribution is 2.38. The molecule has 5 aromatic rings. The Balaban J connectivity index is 1.07. The summed E-state index contributed by atoms with van der Waals surface area (Å²) < 4.78 is 21.9. The molecule has 0 bridgehead atoms. The van der Waals surface area contributed by atoms with Crippen LogP contribution in [0.3, 0.4) is 0 Å². The van der Waals surface area contributed by atoms with Gasteiger partial charge in [0.25, 0.3) is 0 Å². The van der Waals surface area contributed by atoms with Crippen molar-refractivity contribution in [3.05, 3.63) is 89.2 Å². The van der Waals surface area contributed by atoms with Crippen LogP contribution in [0.4, 0.5) is 4.39 Å². The molecule has 260 valence electrons. The van der Waals surface area contributed by atoms with E-state index in [9.17, 15) is 9.18 Å². The maximum absolute atomic E-state index is 13.5. The first-order valence-corrected chi connectivity index (χ1v) is 18.5. The average molecular weight is 684 g/mol. The molecule has 7 nitrogen and oxygen atoms in total. The molecule has 0 spiro atoms. The summed E-state index contributed by atoms with van der Waals surface area (Å²) in [6, 6.07) is 21.2. The third-order valence-corrected chi connectivity index (χ3v) is 10.7. The third kappa shape index (κ3) is 8.98. The first-order chi connectivity index (χ1) is 23.5. The maximum Gasteiger partial charge on any atom is 0.220 e. The number of benzene rings is 3. The van der Waals surface area contributed by atoms with Crippen molar-refractivity contribution < 1.29 is 13.9 Å². The summed E-state index contributed by atoms with van der Waals surface area (Å²) in [7, 11) is 0. The van der Waals surface area contributed by atoms with E-state index in [1.807, 2.05) is 24.3 Å². The number of hydrogen-bond acceptors (Lipinski definition) is 6. The fourth-order valence-electron chi connectivity index (χ4n) is 5.80. The molecule has 5 rings (SSSR count). The molecule has 0 aliphatic carbocycles. The van der Waals surface area contributed by atoms with Gasteiger partial charge in [-0.2, -0.15) is 0 Å². The fourth-order valence-corrected chi connectivity index (χ4v) is 6.53. The molecule has 1 amide bonds. The van der Waals surface area contributed by atoms with Crippen LogP contribution in [0.25, 0.3) is 22.1 Å². The number of ether oxygens (including phenoxy) is 1. The van der Waals surface area contributed by atoms with Gasteiger partial charge in [0.15, 0.2) is 5.65 Å². The van der Waals surface area contributed by atoms with Crippen LogP contribution in [-0.4, -0.2) is 44.6 Å². The van der Waals surface area contributed by atoms with E-state index in [1.165, 1.54) is 35.0 Å². The molecular weight excluding hydrogens is 634 g/mol. The first-order valence-electron chi connectivity index (χ1n) is 17.6. The van der Waals surface area contributed by atoms with Crippen LogP contribution >= 0.6 is 11.8 Å². The summed E-state index contributed by atoms with van der Waals surface area (Å²) in [5.74, 6) is 1.47. The maximum atomic E-state index is 13.5. The van der Waals surface area contributed by atoms with Crippen LogP contribution in [-0.2, 0) is 22.2 Å². The standard InChI is InChI=1S/C40H50FN5O2S/c1-7-39(3,4)29-19-22-34(32(26-29)40(5,6)8-2)48-24-12-11-23-42-35(47)16-13-25-49-38-43-37-36(44-45-38)31-14-9-10-15-33(31)46(37)27-28-17-20-30(41)21-18-28/h9-10,14-15,17-22,26H,7-8,11-13,16,23-25,27H2,1-6H3,(H,42,47). The molecule has 49 heavy (non-hydrogen) atoms. The van der Waals surface area contributed by atoms with Crippen LogP contribution in [0.5, 0.6) is 5.75 Å². The molecule has 0 saturated carbocycles. The number of para-hydroxylation sites is 1. The smallest absolute Gasteiger partial charge is 0.220 e. The number of carbonyl (C=O) groups is 1. The second kappa shape index (κ2) is 16.2. The van der Waals surface area contributed by atoms with E-state index < -0.39 is 0 Å². The topological polar surface area (TPSA) is 81.9 Å². The van der Waals surface area contributed by atoms with E-state index in [1.54, 1.807) is 12.1 Å². The molecule has 0 atom stereocenters. The lowest BCUT2D eigenvalue weighted by Gasteiger charge is -2.30. The number of aromatic nitrogens is 4. The van der Waals surface area contributed by atoms with Crippen LogP contribution in [0.1, 0.15) is 96.8 Å². The SMILES string of the molecule is CCC(C)(C)c1ccc(OCCCCNC(=O)CCCSc2nnc3c4ccccc4n(Cc4ccc(F)cc4)c3n2)c(C(C)(C)CC)c1. The van der Waals surface area contributed by atoms with Crippen molar-refractivity contribution in [3.63, 3.8) is 0 Å². The number of nitrogens with zero attached hydrogens (tertiary/aromatic N) is 4. The normalized spacial score (nSPS) is 12.1. The van der Waals surface area contributed by atoms with Crippen molar-refractivity contribution in [2.75, 3.05) is 18.9 Å². The Kier molecular flexibility index (Phi) is 12.0. The van der Waals surface area contributed by atoms with Gasteiger partial charge in [-0.25, -0.2) is 9.37 Å². The number of halogens is 1. The van der Waals surface area contributed by atoms with Gasteiger partial charge in [-0.3, -0.25) is 4.79 Å². The highest BCUT2D eigenvalue weighted by atomic mass is 32.2. The summed E-state index contributed by atoms with van der Waals surface area (Å²) in [5, 5.41) is 13.5. The molecule has 0 fully saturated rings. The molecule has 0 aliphatic rings. The Morgan fingerprint density at radius 2 is 1.67 bits per heavy atom. The van der Waals surface area contributed by atoms with Gasteiger partial charge in [0.2, 0.25) is 11.1 Å². The summed E-state index contributed by atoms with van der Waals surface area (Å²) in [4.78, 5) is 17.4. The number of rotatable bonds is 17. The van der Waals surface area contributed by atoms with Gasteiger partial charge in [0.05, 0.1) is 12.1 Å². The second-order valence-corrected chi connectivity index (χ2v) is 15.1. The number of unbranched alkanes of at least 4 members (excludes halogenated alkanes) is 1. The van der Waals surface area contributed by atoms with Crippen LogP contribution < -0.4 is 10.1 Å². The van der Waals surface area contributed by atoms with Gasteiger partial charge in [-0.15, -0.1) is 10.2 Å². The molecular formula is C40H50FN5O2S. The second-order valence-electron chi connectivity index (χ2n) is 14.0. The molecule has 0 radical (unpaired) electrons. The largest absolute Gasteiger partial charge is 0.493 e. The number of fused-ring (bicyclic) bond motifs is 3. The fraction of sp³-hybridized carbons (Fsp3) is 0.450. The van der Waals surface area contributed by atoms with Gasteiger partial charge >= 0.3 is 0 Å². The van der Waals surface area contributed by atoms with Crippen molar-refractivity contribution in [2.45, 2.75) is 103 Å². The number of hydrogen-bond donors (Lipinski definition) is 1. The van der Waals surface area contributed by atoms with Crippen molar-refractivity contribution in [1.29, 1.82) is 0 Å². The monoisotopic (exact) mass is 683 g/mol. The highest BCUT2D eigenvalue weighted by Gasteiger charge is 2.26.